The van der Waals surface area contributed by atoms with Crippen LogP contribution in [0, 0.1) is 18.8 Å². The van der Waals surface area contributed by atoms with Gasteiger partial charge in [0.15, 0.2) is 5.82 Å². The second-order valence-electron chi connectivity index (χ2n) is 9.51. The van der Waals surface area contributed by atoms with E-state index in [0.717, 1.165) is 29.8 Å². The highest BCUT2D eigenvalue weighted by molar-refractivity contribution is 6.30. The number of carbonyl (C=O) groups is 2. The molecule has 0 spiro atoms. The molecule has 1 N–H and O–H groups in total. The number of nitrogens with one attached hydrogen (secondary N) is 1. The van der Waals surface area contributed by atoms with E-state index in [2.05, 4.69) is 30.8 Å². The maximum Gasteiger partial charge on any atom is 0.414 e. The third kappa shape index (κ3) is 8.19. The second-order valence-corrected chi connectivity index (χ2v) is 9.95. The highest BCUT2D eigenvalue weighted by Crippen LogP contribution is 2.25. The van der Waals surface area contributed by atoms with Crippen LogP contribution in [0.15, 0.2) is 36.6 Å². The van der Waals surface area contributed by atoms with Gasteiger partial charge in [0.1, 0.15) is 5.75 Å². The van der Waals surface area contributed by atoms with E-state index in [9.17, 15) is 9.59 Å². The van der Waals surface area contributed by atoms with E-state index in [0.29, 0.717) is 48.8 Å². The number of amides is 2. The lowest BCUT2D eigenvalue weighted by Crippen LogP contribution is -2.39. The number of rotatable bonds is 9. The highest BCUT2D eigenvalue weighted by atomic mass is 35.5. The Morgan fingerprint density at radius 1 is 1.25 bits per heavy atom. The van der Waals surface area contributed by atoms with Crippen LogP contribution in [0.3, 0.4) is 0 Å². The van der Waals surface area contributed by atoms with Gasteiger partial charge in [-0.3, -0.25) is 10.00 Å². The van der Waals surface area contributed by atoms with Crippen LogP contribution in [0.1, 0.15) is 44.9 Å². The Balaban J connectivity index is 1.50. The number of piperidine rings is 1. The van der Waals surface area contributed by atoms with Crippen molar-refractivity contribution in [3.63, 3.8) is 0 Å². The molecule has 36 heavy (non-hydrogen) atoms. The molecule has 0 unspecified atom stereocenters. The predicted molar refractivity (Wildman–Crippen MR) is 138 cm³/mol. The Morgan fingerprint density at radius 2 is 1.97 bits per heavy atom. The van der Waals surface area contributed by atoms with Crippen molar-refractivity contribution in [2.24, 2.45) is 11.8 Å². The van der Waals surface area contributed by atoms with Gasteiger partial charge in [-0.2, -0.15) is 5.10 Å². The molecule has 0 atom stereocenters. The van der Waals surface area contributed by atoms with Crippen molar-refractivity contribution in [1.29, 1.82) is 0 Å². The fourth-order valence-electron chi connectivity index (χ4n) is 3.79. The summed E-state index contributed by atoms with van der Waals surface area (Å²) in [5, 5.41) is 7.82. The van der Waals surface area contributed by atoms with Crippen molar-refractivity contribution < 1.29 is 23.8 Å². The van der Waals surface area contributed by atoms with Crippen LogP contribution in [0.25, 0.3) is 0 Å². The maximum absolute atomic E-state index is 12.4. The van der Waals surface area contributed by atoms with Crippen molar-refractivity contribution in [3.05, 3.63) is 52.9 Å². The Morgan fingerprint density at radius 3 is 2.64 bits per heavy atom. The SMILES string of the molecule is C=C(C)OC(=O)N1CCC(COC(=O)Nc2cc(C)n(Cc3cc(Cl)ccc3OCC(C)C)n2)CC1. The zero-order valence-electron chi connectivity index (χ0n) is 21.4. The first kappa shape index (κ1) is 27.4. The van der Waals surface area contributed by atoms with Crippen LogP contribution < -0.4 is 10.1 Å². The zero-order chi connectivity index (χ0) is 26.2. The molecule has 196 valence electrons. The number of likely N-dealkylation sites (tertiary alicyclic amines) is 1. The standard InChI is InChI=1S/C26H35ClN4O5/c1-17(2)15-34-23-7-6-22(27)13-21(23)14-31-19(5)12-24(29-31)28-25(32)35-16-20-8-10-30(11-9-20)26(33)36-18(3)4/h6-7,12-13,17,20H,3,8-11,14-16H2,1-2,4-5H3,(H,28,29,32). The first-order valence-corrected chi connectivity index (χ1v) is 12.5. The lowest BCUT2D eigenvalue weighted by Gasteiger charge is -2.30. The van der Waals surface area contributed by atoms with E-state index in [1.54, 1.807) is 28.6 Å². The first-order chi connectivity index (χ1) is 17.1. The van der Waals surface area contributed by atoms with Crippen LogP contribution in [-0.2, 0) is 16.0 Å². The van der Waals surface area contributed by atoms with Gasteiger partial charge in [-0.25, -0.2) is 9.59 Å². The van der Waals surface area contributed by atoms with Gasteiger partial charge in [-0.1, -0.05) is 32.0 Å². The van der Waals surface area contributed by atoms with Gasteiger partial charge < -0.3 is 19.1 Å². The molecule has 2 amide bonds. The molecule has 2 heterocycles. The Kier molecular flexibility index (Phi) is 9.64. The molecule has 0 saturated carbocycles. The van der Waals surface area contributed by atoms with Crippen molar-refractivity contribution in [3.8, 4) is 5.75 Å². The summed E-state index contributed by atoms with van der Waals surface area (Å²) in [5.74, 6) is 2.10. The monoisotopic (exact) mass is 518 g/mol. The molecule has 0 radical (unpaired) electrons. The minimum atomic E-state index is -0.563. The fourth-order valence-corrected chi connectivity index (χ4v) is 3.99. The second kappa shape index (κ2) is 12.7. The van der Waals surface area contributed by atoms with E-state index in [1.165, 1.54) is 0 Å². The molecule has 3 rings (SSSR count). The number of benzene rings is 1. The summed E-state index contributed by atoms with van der Waals surface area (Å²) in [5.41, 5.74) is 1.77. The van der Waals surface area contributed by atoms with Gasteiger partial charge >= 0.3 is 12.2 Å². The summed E-state index contributed by atoms with van der Waals surface area (Å²) in [6, 6.07) is 7.32. The molecular formula is C26H35ClN4O5. The minimum Gasteiger partial charge on any atom is -0.493 e. The summed E-state index contributed by atoms with van der Waals surface area (Å²) in [6.45, 7) is 13.7. The Bertz CT molecular complexity index is 1080. The molecule has 0 bridgehead atoms. The lowest BCUT2D eigenvalue weighted by molar-refractivity contribution is 0.0881. The number of aromatic nitrogens is 2. The van der Waals surface area contributed by atoms with Crippen LogP contribution >= 0.6 is 11.6 Å². The normalized spacial score (nSPS) is 14.0. The number of halogens is 1. The van der Waals surface area contributed by atoms with Gasteiger partial charge in [0.2, 0.25) is 0 Å². The van der Waals surface area contributed by atoms with Crippen molar-refractivity contribution in [2.75, 3.05) is 31.6 Å². The van der Waals surface area contributed by atoms with Gasteiger partial charge in [-0.15, -0.1) is 0 Å². The number of hydrogen-bond donors (Lipinski definition) is 1. The summed E-state index contributed by atoms with van der Waals surface area (Å²) >= 11 is 6.21. The number of allylic oxidation sites excluding steroid dienone is 1. The van der Waals surface area contributed by atoms with Gasteiger partial charge in [-0.05, 0) is 56.7 Å². The molecule has 2 aromatic rings. The van der Waals surface area contributed by atoms with E-state index in [-0.39, 0.29) is 18.6 Å². The smallest absolute Gasteiger partial charge is 0.414 e. The number of hydrogen-bond acceptors (Lipinski definition) is 6. The molecular weight excluding hydrogens is 484 g/mol. The predicted octanol–water partition coefficient (Wildman–Crippen LogP) is 5.86. The van der Waals surface area contributed by atoms with Crippen LogP contribution in [-0.4, -0.2) is 53.2 Å². The van der Waals surface area contributed by atoms with E-state index in [4.69, 9.17) is 25.8 Å². The van der Waals surface area contributed by atoms with Gasteiger partial charge in [0, 0.05) is 35.4 Å². The summed E-state index contributed by atoms with van der Waals surface area (Å²) in [7, 11) is 0. The van der Waals surface area contributed by atoms with Crippen LogP contribution in [0.5, 0.6) is 5.75 Å². The van der Waals surface area contributed by atoms with E-state index in [1.807, 2.05) is 19.1 Å². The number of aryl methyl sites for hydroxylation is 1. The number of nitrogens with zero attached hydrogens (tertiary/aromatic N) is 3. The molecule has 1 saturated heterocycles. The summed E-state index contributed by atoms with van der Waals surface area (Å²) in [6.07, 6.45) is 0.509. The summed E-state index contributed by atoms with van der Waals surface area (Å²) < 4.78 is 18.2. The quantitative estimate of drug-likeness (QED) is 0.418. The van der Waals surface area contributed by atoms with Crippen LogP contribution in [0.4, 0.5) is 15.4 Å². The first-order valence-electron chi connectivity index (χ1n) is 12.1. The maximum atomic E-state index is 12.4. The average Bonchev–Trinajstić information content (AvgIpc) is 3.15. The lowest BCUT2D eigenvalue weighted by atomic mass is 9.98. The van der Waals surface area contributed by atoms with Gasteiger partial charge in [0.05, 0.1) is 25.5 Å². The number of carbonyl (C=O) groups excluding carboxylic acids is 2. The molecule has 1 aliphatic heterocycles. The molecule has 10 heteroatoms. The molecule has 1 aromatic carbocycles. The largest absolute Gasteiger partial charge is 0.493 e. The molecule has 1 fully saturated rings. The molecule has 1 aromatic heterocycles. The third-order valence-corrected chi connectivity index (χ3v) is 5.95. The van der Waals surface area contributed by atoms with Gasteiger partial charge in [0.25, 0.3) is 0 Å². The van der Waals surface area contributed by atoms with E-state index >= 15 is 0 Å². The van der Waals surface area contributed by atoms with E-state index < -0.39 is 6.09 Å². The summed E-state index contributed by atoms with van der Waals surface area (Å²) in [4.78, 5) is 25.9. The third-order valence-electron chi connectivity index (χ3n) is 5.71. The van der Waals surface area contributed by atoms with Crippen molar-refractivity contribution >= 4 is 29.6 Å². The zero-order valence-corrected chi connectivity index (χ0v) is 22.1. The topological polar surface area (TPSA) is 94.9 Å². The van der Waals surface area contributed by atoms with Crippen LogP contribution in [0.2, 0.25) is 5.02 Å². The number of anilines is 1. The van der Waals surface area contributed by atoms with Crippen molar-refractivity contribution in [2.45, 2.75) is 47.1 Å². The highest BCUT2D eigenvalue weighted by Gasteiger charge is 2.25. The Hall–Kier alpha value is -3.20. The minimum absolute atomic E-state index is 0.177. The Labute approximate surface area is 217 Å². The molecule has 9 nitrogen and oxygen atoms in total. The number of ether oxygens (including phenoxy) is 3. The molecule has 0 aliphatic carbocycles. The fraction of sp³-hybridized carbons (Fsp3) is 0.500. The van der Waals surface area contributed by atoms with Crippen molar-refractivity contribution in [1.82, 2.24) is 14.7 Å². The molecule has 1 aliphatic rings. The average molecular weight is 519 g/mol.